The van der Waals surface area contributed by atoms with Gasteiger partial charge in [0.2, 0.25) is 0 Å². The topological polar surface area (TPSA) is 62.0 Å². The molecule has 2 aromatic rings. The molecule has 1 atom stereocenters. The molecule has 2 rings (SSSR count). The summed E-state index contributed by atoms with van der Waals surface area (Å²) in [6, 6.07) is 7.94. The Bertz CT molecular complexity index is 745. The average molecular weight is 335 g/mol. The van der Waals surface area contributed by atoms with Gasteiger partial charge in [-0.05, 0) is 32.0 Å². The highest BCUT2D eigenvalue weighted by atomic mass is 19.1. The molecule has 0 saturated carbocycles. The van der Waals surface area contributed by atoms with E-state index < -0.39 is 17.2 Å². The fraction of sp³-hybridized carbons (Fsp3) is 0.278. The number of nitrogens with zero attached hydrogens (tertiary/aromatic N) is 1. The lowest BCUT2D eigenvalue weighted by molar-refractivity contribution is 0.0635. The summed E-state index contributed by atoms with van der Waals surface area (Å²) >= 11 is 0. The predicted molar refractivity (Wildman–Crippen MR) is 87.7 cm³/mol. The fourth-order valence-corrected chi connectivity index (χ4v) is 2.25. The molecular weight excluding hydrogens is 316 g/mol. The van der Waals surface area contributed by atoms with E-state index in [-0.39, 0.29) is 17.9 Å². The molecule has 1 unspecified atom stereocenters. The van der Waals surface area contributed by atoms with Crippen molar-refractivity contribution in [2.75, 3.05) is 13.2 Å². The molecule has 0 heterocycles. The third kappa shape index (κ3) is 4.08. The molecule has 2 N–H and O–H groups in total. The van der Waals surface area contributed by atoms with Crippen molar-refractivity contribution in [3.8, 4) is 11.5 Å². The normalized spacial score (nSPS) is 13.9. The van der Waals surface area contributed by atoms with Crippen LogP contribution in [0.15, 0.2) is 41.4 Å². The summed E-state index contributed by atoms with van der Waals surface area (Å²) in [5.74, 6) is -1.28. The lowest BCUT2D eigenvalue weighted by Crippen LogP contribution is -2.26. The quantitative estimate of drug-likeness (QED) is 0.796. The van der Waals surface area contributed by atoms with Crippen LogP contribution < -0.4 is 4.74 Å². The second-order valence-corrected chi connectivity index (χ2v) is 5.49. The smallest absolute Gasteiger partial charge is 0.166 e. The first-order valence-corrected chi connectivity index (χ1v) is 7.47. The zero-order valence-corrected chi connectivity index (χ0v) is 13.5. The van der Waals surface area contributed by atoms with Crippen LogP contribution in [0.1, 0.15) is 25.0 Å². The summed E-state index contributed by atoms with van der Waals surface area (Å²) in [5.41, 5.74) is -1.24. The molecule has 0 saturated heterocycles. The van der Waals surface area contributed by atoms with Gasteiger partial charge in [-0.25, -0.2) is 8.78 Å². The Morgan fingerprint density at radius 3 is 2.67 bits per heavy atom. The van der Waals surface area contributed by atoms with Gasteiger partial charge >= 0.3 is 0 Å². The molecule has 4 nitrogen and oxygen atoms in total. The number of ether oxygens (including phenoxy) is 1. The van der Waals surface area contributed by atoms with Crippen molar-refractivity contribution in [1.29, 1.82) is 0 Å². The van der Waals surface area contributed by atoms with Crippen LogP contribution in [-0.4, -0.2) is 29.6 Å². The number of phenolic OH excluding ortho intramolecular Hbond substituents is 1. The minimum atomic E-state index is -1.61. The zero-order valence-electron chi connectivity index (χ0n) is 13.5. The molecule has 0 bridgehead atoms. The lowest BCUT2D eigenvalue weighted by atomic mass is 9.95. The van der Waals surface area contributed by atoms with Crippen molar-refractivity contribution in [3.05, 3.63) is 59.2 Å². The van der Waals surface area contributed by atoms with E-state index in [4.69, 9.17) is 4.74 Å². The maximum atomic E-state index is 13.8. The molecule has 0 aliphatic carbocycles. The van der Waals surface area contributed by atoms with Gasteiger partial charge in [-0.15, -0.1) is 0 Å². The Balaban J connectivity index is 2.17. The van der Waals surface area contributed by atoms with Crippen LogP contribution >= 0.6 is 0 Å². The summed E-state index contributed by atoms with van der Waals surface area (Å²) < 4.78 is 32.0. The maximum absolute atomic E-state index is 13.8. The van der Waals surface area contributed by atoms with Crippen molar-refractivity contribution in [2.45, 2.75) is 19.4 Å². The minimum Gasteiger partial charge on any atom is -0.504 e. The van der Waals surface area contributed by atoms with Gasteiger partial charge in [0.1, 0.15) is 17.2 Å². The molecule has 0 radical (unpaired) electrons. The Morgan fingerprint density at radius 1 is 1.25 bits per heavy atom. The minimum absolute atomic E-state index is 0.0478. The molecule has 24 heavy (non-hydrogen) atoms. The van der Waals surface area contributed by atoms with Crippen molar-refractivity contribution in [3.63, 3.8) is 0 Å². The van der Waals surface area contributed by atoms with E-state index in [1.165, 1.54) is 19.2 Å². The number of aliphatic imine (C=N–C) groups is 1. The van der Waals surface area contributed by atoms with E-state index in [1.807, 2.05) is 0 Å². The Hall–Kier alpha value is -2.47. The van der Waals surface area contributed by atoms with E-state index in [2.05, 4.69) is 4.99 Å². The first-order chi connectivity index (χ1) is 11.3. The number of hydrogen-bond donors (Lipinski definition) is 2. The predicted octanol–water partition coefficient (Wildman–Crippen LogP) is 3.40. The fourth-order valence-electron chi connectivity index (χ4n) is 2.25. The SMILES string of the molecule is CCOc1cccc(C=NCC(C)(O)c2ccc(F)cc2F)c1O. The molecule has 0 aromatic heterocycles. The van der Waals surface area contributed by atoms with Crippen molar-refractivity contribution < 1.29 is 23.7 Å². The number of para-hydroxylation sites is 1. The summed E-state index contributed by atoms with van der Waals surface area (Å²) in [6.07, 6.45) is 1.37. The highest BCUT2D eigenvalue weighted by Crippen LogP contribution is 2.29. The molecular formula is C18H19F2NO3. The molecule has 6 heteroatoms. The van der Waals surface area contributed by atoms with Crippen LogP contribution in [0.25, 0.3) is 0 Å². The Labute approximate surface area is 139 Å². The van der Waals surface area contributed by atoms with Gasteiger partial charge in [0, 0.05) is 23.4 Å². The second-order valence-electron chi connectivity index (χ2n) is 5.49. The average Bonchev–Trinajstić information content (AvgIpc) is 2.50. The van der Waals surface area contributed by atoms with Crippen LogP contribution in [-0.2, 0) is 5.60 Å². The second kappa shape index (κ2) is 7.40. The zero-order chi connectivity index (χ0) is 17.7. The maximum Gasteiger partial charge on any atom is 0.166 e. The van der Waals surface area contributed by atoms with E-state index >= 15 is 0 Å². The number of aliphatic hydroxyl groups is 1. The molecule has 0 amide bonds. The third-order valence-electron chi connectivity index (χ3n) is 3.47. The Kier molecular flexibility index (Phi) is 5.51. The van der Waals surface area contributed by atoms with Crippen LogP contribution in [0, 0.1) is 11.6 Å². The van der Waals surface area contributed by atoms with Crippen molar-refractivity contribution >= 4 is 6.21 Å². The number of halogens is 2. The van der Waals surface area contributed by atoms with Gasteiger partial charge in [-0.2, -0.15) is 0 Å². The number of phenols is 1. The van der Waals surface area contributed by atoms with E-state index in [1.54, 1.807) is 25.1 Å². The molecule has 2 aromatic carbocycles. The van der Waals surface area contributed by atoms with Crippen molar-refractivity contribution in [1.82, 2.24) is 0 Å². The first kappa shape index (κ1) is 17.9. The number of rotatable bonds is 6. The summed E-state index contributed by atoms with van der Waals surface area (Å²) in [5, 5.41) is 20.4. The summed E-state index contributed by atoms with van der Waals surface area (Å²) in [7, 11) is 0. The summed E-state index contributed by atoms with van der Waals surface area (Å²) in [4.78, 5) is 4.06. The van der Waals surface area contributed by atoms with Crippen LogP contribution in [0.5, 0.6) is 11.5 Å². The first-order valence-electron chi connectivity index (χ1n) is 7.47. The summed E-state index contributed by atoms with van der Waals surface area (Å²) in [6.45, 7) is 3.44. The van der Waals surface area contributed by atoms with E-state index in [9.17, 15) is 19.0 Å². The number of benzene rings is 2. The van der Waals surface area contributed by atoms with Gasteiger partial charge in [0.25, 0.3) is 0 Å². The van der Waals surface area contributed by atoms with Crippen LogP contribution in [0.4, 0.5) is 8.78 Å². The largest absolute Gasteiger partial charge is 0.504 e. The molecule has 0 aliphatic heterocycles. The molecule has 128 valence electrons. The van der Waals surface area contributed by atoms with E-state index in [0.717, 1.165) is 6.07 Å². The van der Waals surface area contributed by atoms with Crippen LogP contribution in [0.2, 0.25) is 0 Å². The van der Waals surface area contributed by atoms with Gasteiger partial charge < -0.3 is 14.9 Å². The lowest BCUT2D eigenvalue weighted by Gasteiger charge is -2.22. The number of aromatic hydroxyl groups is 1. The molecule has 0 fully saturated rings. The van der Waals surface area contributed by atoms with Gasteiger partial charge in [-0.3, -0.25) is 4.99 Å². The highest BCUT2D eigenvalue weighted by molar-refractivity contribution is 5.84. The van der Waals surface area contributed by atoms with Crippen LogP contribution in [0.3, 0.4) is 0 Å². The molecule has 0 spiro atoms. The standard InChI is InChI=1S/C18H19F2NO3/c1-3-24-16-6-4-5-12(17(16)22)10-21-11-18(2,23)14-8-7-13(19)9-15(14)20/h4-10,22-23H,3,11H2,1-2H3. The van der Waals surface area contributed by atoms with Gasteiger partial charge in [0.15, 0.2) is 11.5 Å². The van der Waals surface area contributed by atoms with Gasteiger partial charge in [0.05, 0.1) is 13.2 Å². The third-order valence-corrected chi connectivity index (χ3v) is 3.47. The van der Waals surface area contributed by atoms with Crippen molar-refractivity contribution in [2.24, 2.45) is 4.99 Å². The van der Waals surface area contributed by atoms with Gasteiger partial charge in [-0.1, -0.05) is 12.1 Å². The Morgan fingerprint density at radius 2 is 2.00 bits per heavy atom. The van der Waals surface area contributed by atoms with E-state index in [0.29, 0.717) is 24.0 Å². The number of hydrogen-bond acceptors (Lipinski definition) is 4. The highest BCUT2D eigenvalue weighted by Gasteiger charge is 2.26. The molecule has 0 aliphatic rings. The monoisotopic (exact) mass is 335 g/mol.